The van der Waals surface area contributed by atoms with Crippen LogP contribution in [0.5, 0.6) is 5.75 Å². The van der Waals surface area contributed by atoms with E-state index < -0.39 is 21.9 Å². The maximum Gasteiger partial charge on any atom is 0.213 e. The van der Waals surface area contributed by atoms with Crippen LogP contribution in [0.2, 0.25) is 0 Å². The first-order chi connectivity index (χ1) is 8.77. The molecule has 0 bridgehead atoms. The molecule has 1 atom stereocenters. The zero-order valence-electron chi connectivity index (χ0n) is 11.0. The lowest BCUT2D eigenvalue weighted by molar-refractivity contribution is -0.117. The summed E-state index contributed by atoms with van der Waals surface area (Å²) in [6.45, 7) is 0.577. The first-order valence-corrected chi connectivity index (χ1v) is 7.62. The molecule has 1 unspecified atom stereocenters. The van der Waals surface area contributed by atoms with Gasteiger partial charge < -0.3 is 14.4 Å². The van der Waals surface area contributed by atoms with Crippen LogP contribution in [0.25, 0.3) is 0 Å². The van der Waals surface area contributed by atoms with Gasteiger partial charge in [-0.3, -0.25) is 0 Å². The van der Waals surface area contributed by atoms with Crippen molar-refractivity contribution in [1.82, 2.24) is 4.90 Å². The largest absolute Gasteiger partial charge is 0.463 e. The Morgan fingerprint density at radius 2 is 2.11 bits per heavy atom. The fourth-order valence-electron chi connectivity index (χ4n) is 1.79. The predicted molar refractivity (Wildman–Crippen MR) is 67.3 cm³/mol. The van der Waals surface area contributed by atoms with Gasteiger partial charge in [-0.05, 0) is 26.2 Å². The van der Waals surface area contributed by atoms with Crippen molar-refractivity contribution in [3.63, 3.8) is 0 Å². The molecule has 1 aromatic carbocycles. The number of hydrogen-bond acceptors (Lipinski definition) is 5. The Hall–Kier alpha value is -1.18. The standard InChI is InChI=1S/C12H16FNO4S/c1-14(2)6-12-17-7-9-10(13)4-8(19(3,15)16)5-11(9)18-12/h4-5,12H,6-7H2,1-3H3. The molecule has 0 spiro atoms. The second-order valence-corrected chi connectivity index (χ2v) is 6.79. The molecule has 106 valence electrons. The second-order valence-electron chi connectivity index (χ2n) is 4.77. The summed E-state index contributed by atoms with van der Waals surface area (Å²) in [6.07, 6.45) is 0.502. The molecule has 1 aliphatic rings. The van der Waals surface area contributed by atoms with Crippen LogP contribution in [-0.4, -0.2) is 46.5 Å². The van der Waals surface area contributed by atoms with Crippen molar-refractivity contribution in [3.8, 4) is 5.75 Å². The van der Waals surface area contributed by atoms with Gasteiger partial charge in [0.15, 0.2) is 9.84 Å². The van der Waals surface area contributed by atoms with Crippen LogP contribution in [0.3, 0.4) is 0 Å². The Bertz CT molecular complexity index is 586. The summed E-state index contributed by atoms with van der Waals surface area (Å²) in [7, 11) is 0.243. The summed E-state index contributed by atoms with van der Waals surface area (Å²) < 4.78 is 47.6. The molecule has 1 aromatic rings. The number of sulfone groups is 1. The first-order valence-electron chi connectivity index (χ1n) is 5.73. The average molecular weight is 289 g/mol. The predicted octanol–water partition coefficient (Wildman–Crippen LogP) is 1.03. The maximum absolute atomic E-state index is 13.8. The number of halogens is 1. The van der Waals surface area contributed by atoms with Gasteiger partial charge in [0.2, 0.25) is 6.29 Å². The minimum Gasteiger partial charge on any atom is -0.463 e. The van der Waals surface area contributed by atoms with Crippen molar-refractivity contribution in [2.75, 3.05) is 26.9 Å². The lowest BCUT2D eigenvalue weighted by atomic mass is 10.2. The molecule has 7 heteroatoms. The van der Waals surface area contributed by atoms with E-state index >= 15 is 0 Å². The molecule has 0 fully saturated rings. The SMILES string of the molecule is CN(C)CC1OCc2c(F)cc(S(C)(=O)=O)cc2O1. The summed E-state index contributed by atoms with van der Waals surface area (Å²) in [5, 5.41) is 0. The van der Waals surface area contributed by atoms with Crippen molar-refractivity contribution >= 4 is 9.84 Å². The molecule has 1 heterocycles. The quantitative estimate of drug-likeness (QED) is 0.832. The van der Waals surface area contributed by atoms with E-state index in [9.17, 15) is 12.8 Å². The summed E-state index contributed by atoms with van der Waals surface area (Å²) in [5.74, 6) is -0.389. The van der Waals surface area contributed by atoms with Gasteiger partial charge in [0.25, 0.3) is 0 Å². The van der Waals surface area contributed by atoms with Crippen molar-refractivity contribution < 1.29 is 22.3 Å². The lowest BCUT2D eigenvalue weighted by Crippen LogP contribution is -2.35. The zero-order valence-corrected chi connectivity index (χ0v) is 11.8. The zero-order chi connectivity index (χ0) is 14.2. The molecule has 0 aliphatic carbocycles. The van der Waals surface area contributed by atoms with E-state index in [-0.39, 0.29) is 22.8 Å². The van der Waals surface area contributed by atoms with Gasteiger partial charge in [-0.2, -0.15) is 0 Å². The fourth-order valence-corrected chi connectivity index (χ4v) is 2.43. The highest BCUT2D eigenvalue weighted by Gasteiger charge is 2.25. The molecule has 0 radical (unpaired) electrons. The molecule has 2 rings (SSSR count). The van der Waals surface area contributed by atoms with Crippen LogP contribution in [0.15, 0.2) is 17.0 Å². The van der Waals surface area contributed by atoms with Gasteiger partial charge >= 0.3 is 0 Å². The summed E-state index contributed by atoms with van der Waals surface area (Å²) in [4.78, 5) is 1.78. The van der Waals surface area contributed by atoms with Gasteiger partial charge in [0.1, 0.15) is 11.6 Å². The maximum atomic E-state index is 13.8. The molecular weight excluding hydrogens is 273 g/mol. The third-order valence-corrected chi connectivity index (χ3v) is 3.83. The monoisotopic (exact) mass is 289 g/mol. The molecule has 0 aromatic heterocycles. The van der Waals surface area contributed by atoms with Crippen molar-refractivity contribution in [1.29, 1.82) is 0 Å². The van der Waals surface area contributed by atoms with Gasteiger partial charge in [-0.25, -0.2) is 12.8 Å². The van der Waals surface area contributed by atoms with Gasteiger partial charge in [0.05, 0.1) is 23.6 Å². The van der Waals surface area contributed by atoms with Gasteiger partial charge in [-0.1, -0.05) is 0 Å². The topological polar surface area (TPSA) is 55.8 Å². The minimum atomic E-state index is -3.47. The highest BCUT2D eigenvalue weighted by Crippen LogP contribution is 2.31. The number of nitrogens with zero attached hydrogens (tertiary/aromatic N) is 1. The molecule has 0 amide bonds. The van der Waals surface area contributed by atoms with E-state index in [1.807, 2.05) is 19.0 Å². The van der Waals surface area contributed by atoms with Crippen LogP contribution in [0.1, 0.15) is 5.56 Å². The third kappa shape index (κ3) is 3.23. The normalized spacial score (nSPS) is 19.1. The number of benzene rings is 1. The fraction of sp³-hybridized carbons (Fsp3) is 0.500. The summed E-state index contributed by atoms with van der Waals surface area (Å²) >= 11 is 0. The van der Waals surface area contributed by atoms with Crippen LogP contribution < -0.4 is 4.74 Å². The Kier molecular flexibility index (Phi) is 3.80. The van der Waals surface area contributed by atoms with E-state index in [4.69, 9.17) is 9.47 Å². The van der Waals surface area contributed by atoms with E-state index in [0.29, 0.717) is 6.54 Å². The Morgan fingerprint density at radius 1 is 1.42 bits per heavy atom. The minimum absolute atomic E-state index is 0.0731. The van der Waals surface area contributed by atoms with Crippen molar-refractivity contribution in [2.45, 2.75) is 17.8 Å². The average Bonchev–Trinajstić information content (AvgIpc) is 2.26. The molecule has 5 nitrogen and oxygen atoms in total. The number of ether oxygens (including phenoxy) is 2. The van der Waals surface area contributed by atoms with Gasteiger partial charge in [-0.15, -0.1) is 0 Å². The Morgan fingerprint density at radius 3 is 2.68 bits per heavy atom. The second kappa shape index (κ2) is 5.07. The first kappa shape index (κ1) is 14.2. The van der Waals surface area contributed by atoms with Crippen molar-refractivity contribution in [3.05, 3.63) is 23.5 Å². The van der Waals surface area contributed by atoms with Crippen molar-refractivity contribution in [2.24, 2.45) is 0 Å². The van der Waals surface area contributed by atoms with Crippen LogP contribution in [0.4, 0.5) is 4.39 Å². The number of rotatable bonds is 3. The third-order valence-electron chi connectivity index (χ3n) is 2.74. The molecule has 0 saturated heterocycles. The number of fused-ring (bicyclic) bond motifs is 1. The smallest absolute Gasteiger partial charge is 0.213 e. The van der Waals surface area contributed by atoms with E-state index in [2.05, 4.69) is 0 Å². The summed E-state index contributed by atoms with van der Waals surface area (Å²) in [6, 6.07) is 2.34. The molecule has 1 aliphatic heterocycles. The van der Waals surface area contributed by atoms with Crippen LogP contribution in [0, 0.1) is 5.82 Å². The Labute approximate surface area is 111 Å². The summed E-state index contributed by atoms with van der Waals surface area (Å²) in [5.41, 5.74) is 0.252. The van der Waals surface area contributed by atoms with E-state index in [1.165, 1.54) is 6.07 Å². The highest BCUT2D eigenvalue weighted by atomic mass is 32.2. The molecule has 0 saturated carbocycles. The van der Waals surface area contributed by atoms with E-state index in [1.54, 1.807) is 0 Å². The van der Waals surface area contributed by atoms with Crippen LogP contribution >= 0.6 is 0 Å². The number of hydrogen-bond donors (Lipinski definition) is 0. The molecule has 0 N–H and O–H groups in total. The van der Waals surface area contributed by atoms with Gasteiger partial charge in [0, 0.05) is 6.26 Å². The molecule has 19 heavy (non-hydrogen) atoms. The Balaban J connectivity index is 2.35. The number of likely N-dealkylation sites (N-methyl/N-ethyl adjacent to an activating group) is 1. The van der Waals surface area contributed by atoms with E-state index in [0.717, 1.165) is 12.3 Å². The van der Waals surface area contributed by atoms with Crippen LogP contribution in [-0.2, 0) is 21.2 Å². The highest BCUT2D eigenvalue weighted by molar-refractivity contribution is 7.90. The molecular formula is C12H16FNO4S. The lowest BCUT2D eigenvalue weighted by Gasteiger charge is -2.28.